The zero-order valence-electron chi connectivity index (χ0n) is 10.2. The quantitative estimate of drug-likeness (QED) is 0.880. The van der Waals surface area contributed by atoms with Crippen LogP contribution in [-0.2, 0) is 16.6 Å². The lowest BCUT2D eigenvalue weighted by molar-refractivity contribution is 0.487. The summed E-state index contributed by atoms with van der Waals surface area (Å²) in [6, 6.07) is 3.69. The molecule has 0 radical (unpaired) electrons. The summed E-state index contributed by atoms with van der Waals surface area (Å²) in [4.78, 5) is 3.55. The molecule has 8 heteroatoms. The molecule has 0 bridgehead atoms. The summed E-state index contributed by atoms with van der Waals surface area (Å²) in [7, 11) is -3.97. The van der Waals surface area contributed by atoms with E-state index in [9.17, 15) is 12.8 Å². The van der Waals surface area contributed by atoms with E-state index < -0.39 is 26.9 Å². The van der Waals surface area contributed by atoms with E-state index >= 15 is 0 Å². The number of pyridine rings is 1. The number of rotatable bonds is 5. The number of nitrogens with one attached hydrogen (secondary N) is 1. The highest BCUT2D eigenvalue weighted by molar-refractivity contribution is 7.89. The lowest BCUT2D eigenvalue weighted by Gasteiger charge is -2.14. The predicted molar refractivity (Wildman–Crippen MR) is 66.2 cm³/mol. The second kappa shape index (κ2) is 5.45. The van der Waals surface area contributed by atoms with Gasteiger partial charge in [0.25, 0.3) is 10.0 Å². The van der Waals surface area contributed by atoms with Gasteiger partial charge in [0.15, 0.2) is 5.82 Å². The van der Waals surface area contributed by atoms with Crippen LogP contribution in [0.15, 0.2) is 41.8 Å². The molecule has 0 spiro atoms. The summed E-state index contributed by atoms with van der Waals surface area (Å²) < 4.78 is 41.3. The molecule has 0 aliphatic rings. The lowest BCUT2D eigenvalue weighted by Crippen LogP contribution is -2.36. The molecule has 0 amide bonds. The van der Waals surface area contributed by atoms with Gasteiger partial charge in [-0.15, -0.1) is 0 Å². The van der Waals surface area contributed by atoms with E-state index in [4.69, 9.17) is 0 Å². The summed E-state index contributed by atoms with van der Waals surface area (Å²) in [6.07, 6.45) is 4.54. The number of nitrogens with zero attached hydrogens (tertiary/aromatic N) is 3. The molecule has 0 aliphatic carbocycles. The van der Waals surface area contributed by atoms with Gasteiger partial charge in [-0.3, -0.25) is 4.68 Å². The summed E-state index contributed by atoms with van der Waals surface area (Å²) in [5.41, 5.74) is 0. The van der Waals surface area contributed by atoms with Crippen LogP contribution in [0.4, 0.5) is 4.39 Å². The van der Waals surface area contributed by atoms with Gasteiger partial charge in [0.1, 0.15) is 0 Å². The molecule has 2 heterocycles. The normalized spacial score (nSPS) is 13.4. The fourth-order valence-corrected chi connectivity index (χ4v) is 2.86. The minimum Gasteiger partial charge on any atom is -0.271 e. The van der Waals surface area contributed by atoms with Crippen LogP contribution in [0.3, 0.4) is 0 Å². The molecule has 2 aromatic rings. The van der Waals surface area contributed by atoms with Gasteiger partial charge >= 0.3 is 0 Å². The van der Waals surface area contributed by atoms with E-state index in [-0.39, 0.29) is 0 Å². The molecule has 0 saturated heterocycles. The Kier molecular flexibility index (Phi) is 3.91. The Morgan fingerprint density at radius 1 is 1.42 bits per heavy atom. The predicted octanol–water partition coefficient (Wildman–Crippen LogP) is 0.784. The largest absolute Gasteiger partial charge is 0.271 e. The second-order valence-corrected chi connectivity index (χ2v) is 5.67. The van der Waals surface area contributed by atoms with Crippen LogP contribution in [-0.4, -0.2) is 29.2 Å². The number of sulfonamides is 1. The Morgan fingerprint density at radius 2 is 2.21 bits per heavy atom. The fourth-order valence-electron chi connectivity index (χ4n) is 1.62. The van der Waals surface area contributed by atoms with E-state index in [1.807, 2.05) is 0 Å². The van der Waals surface area contributed by atoms with Crippen LogP contribution < -0.4 is 4.72 Å². The molecule has 6 nitrogen and oxygen atoms in total. The molecular formula is C11H13FN4O2S. The van der Waals surface area contributed by atoms with Crippen LogP contribution in [0.2, 0.25) is 0 Å². The van der Waals surface area contributed by atoms with Gasteiger partial charge in [-0.05, 0) is 25.1 Å². The molecule has 0 fully saturated rings. The molecule has 0 saturated carbocycles. The van der Waals surface area contributed by atoms with Crippen LogP contribution in [0.1, 0.15) is 6.92 Å². The third-order valence-electron chi connectivity index (χ3n) is 2.36. The van der Waals surface area contributed by atoms with E-state index in [0.29, 0.717) is 6.54 Å². The SMILES string of the molecule is CC(Cn1cccn1)NS(=O)(=O)c1ncccc1F. The van der Waals surface area contributed by atoms with Crippen molar-refractivity contribution in [3.8, 4) is 0 Å². The molecule has 2 rings (SSSR count). The van der Waals surface area contributed by atoms with Crippen LogP contribution in [0.5, 0.6) is 0 Å². The second-order valence-electron chi connectivity index (χ2n) is 4.04. The van der Waals surface area contributed by atoms with Gasteiger partial charge in [-0.25, -0.2) is 22.5 Å². The highest BCUT2D eigenvalue weighted by Crippen LogP contribution is 2.10. The fraction of sp³-hybridized carbons (Fsp3) is 0.273. The highest BCUT2D eigenvalue weighted by atomic mass is 32.2. The van der Waals surface area contributed by atoms with E-state index in [1.54, 1.807) is 30.1 Å². The minimum atomic E-state index is -3.97. The number of aromatic nitrogens is 3. The monoisotopic (exact) mass is 284 g/mol. The molecule has 19 heavy (non-hydrogen) atoms. The van der Waals surface area contributed by atoms with E-state index in [0.717, 1.165) is 6.07 Å². The highest BCUT2D eigenvalue weighted by Gasteiger charge is 2.22. The lowest BCUT2D eigenvalue weighted by atomic mass is 10.4. The van der Waals surface area contributed by atoms with Crippen LogP contribution >= 0.6 is 0 Å². The molecule has 1 unspecified atom stereocenters. The van der Waals surface area contributed by atoms with Crippen molar-refractivity contribution in [1.82, 2.24) is 19.5 Å². The molecule has 0 aliphatic heterocycles. The van der Waals surface area contributed by atoms with Crippen LogP contribution in [0, 0.1) is 5.82 Å². The Hall–Kier alpha value is -1.80. The molecule has 0 aromatic carbocycles. The average molecular weight is 284 g/mol. The number of halogens is 1. The Bertz CT molecular complexity index is 642. The van der Waals surface area contributed by atoms with Crippen molar-refractivity contribution >= 4 is 10.0 Å². The topological polar surface area (TPSA) is 76.9 Å². The zero-order valence-corrected chi connectivity index (χ0v) is 11.0. The number of hydrogen-bond acceptors (Lipinski definition) is 4. The summed E-state index contributed by atoms with van der Waals surface area (Å²) >= 11 is 0. The Labute approximate surface area is 110 Å². The molecule has 102 valence electrons. The maximum absolute atomic E-state index is 13.4. The Morgan fingerprint density at radius 3 is 2.84 bits per heavy atom. The summed E-state index contributed by atoms with van der Waals surface area (Å²) in [5.74, 6) is -0.874. The molecule has 2 aromatic heterocycles. The molecular weight excluding hydrogens is 271 g/mol. The molecule has 1 N–H and O–H groups in total. The van der Waals surface area contributed by atoms with Gasteiger partial charge in [0.05, 0.1) is 6.54 Å². The third-order valence-corrected chi connectivity index (χ3v) is 3.88. The van der Waals surface area contributed by atoms with Crippen LogP contribution in [0.25, 0.3) is 0 Å². The van der Waals surface area contributed by atoms with Crippen molar-refractivity contribution in [2.24, 2.45) is 0 Å². The average Bonchev–Trinajstić information content (AvgIpc) is 2.81. The van der Waals surface area contributed by atoms with Gasteiger partial charge in [-0.2, -0.15) is 5.10 Å². The van der Waals surface area contributed by atoms with E-state index in [2.05, 4.69) is 14.8 Å². The summed E-state index contributed by atoms with van der Waals surface area (Å²) in [6.45, 7) is 2.01. The van der Waals surface area contributed by atoms with Crippen molar-refractivity contribution in [3.05, 3.63) is 42.6 Å². The first-order valence-corrected chi connectivity index (χ1v) is 7.07. The van der Waals surface area contributed by atoms with Crippen molar-refractivity contribution in [2.45, 2.75) is 24.5 Å². The maximum atomic E-state index is 13.4. The van der Waals surface area contributed by atoms with Crippen molar-refractivity contribution in [2.75, 3.05) is 0 Å². The first-order chi connectivity index (χ1) is 8.99. The maximum Gasteiger partial charge on any atom is 0.261 e. The summed E-state index contributed by atoms with van der Waals surface area (Å²) in [5, 5.41) is 3.37. The zero-order chi connectivity index (χ0) is 13.9. The van der Waals surface area contributed by atoms with Gasteiger partial charge in [0, 0.05) is 24.6 Å². The van der Waals surface area contributed by atoms with Gasteiger partial charge < -0.3 is 0 Å². The van der Waals surface area contributed by atoms with Gasteiger partial charge in [-0.1, -0.05) is 0 Å². The standard InChI is InChI=1S/C11H13FN4O2S/c1-9(8-16-7-3-6-14-16)15-19(17,18)11-10(12)4-2-5-13-11/h2-7,9,15H,8H2,1H3. The first kappa shape index (κ1) is 13.6. The number of hydrogen-bond donors (Lipinski definition) is 1. The smallest absolute Gasteiger partial charge is 0.261 e. The van der Waals surface area contributed by atoms with Gasteiger partial charge in [0.2, 0.25) is 5.03 Å². The van der Waals surface area contributed by atoms with Crippen molar-refractivity contribution in [1.29, 1.82) is 0 Å². The first-order valence-electron chi connectivity index (χ1n) is 5.59. The Balaban J connectivity index is 2.11. The van der Waals surface area contributed by atoms with Crippen molar-refractivity contribution < 1.29 is 12.8 Å². The molecule has 1 atom stereocenters. The van der Waals surface area contributed by atoms with Crippen molar-refractivity contribution in [3.63, 3.8) is 0 Å². The van der Waals surface area contributed by atoms with E-state index in [1.165, 1.54) is 12.3 Å². The minimum absolute atomic E-state index is 0.348. The third kappa shape index (κ3) is 3.36.